The van der Waals surface area contributed by atoms with E-state index >= 15 is 0 Å². The van der Waals surface area contributed by atoms with Gasteiger partial charge in [0.15, 0.2) is 0 Å². The average molecular weight is 270 g/mol. The minimum Gasteiger partial charge on any atom is -0.396 e. The van der Waals surface area contributed by atoms with E-state index in [9.17, 15) is 13.2 Å². The summed E-state index contributed by atoms with van der Waals surface area (Å²) in [6.07, 6.45) is -0.927. The minimum atomic E-state index is -4.27. The van der Waals surface area contributed by atoms with Crippen LogP contribution in [0, 0.1) is 0 Å². The largest absolute Gasteiger partial charge is 0.408 e. The Morgan fingerprint density at radius 2 is 1.79 bits per heavy atom. The molecule has 3 nitrogen and oxygen atoms in total. The van der Waals surface area contributed by atoms with Crippen molar-refractivity contribution >= 4 is 0 Å². The summed E-state index contributed by atoms with van der Waals surface area (Å²) in [6.45, 7) is -1.02. The minimum absolute atomic E-state index is 0.0723. The fourth-order valence-electron chi connectivity index (χ4n) is 1.78. The van der Waals surface area contributed by atoms with Crippen molar-refractivity contribution in [2.75, 3.05) is 6.61 Å². The highest BCUT2D eigenvalue weighted by Crippen LogP contribution is 2.22. The van der Waals surface area contributed by atoms with Crippen LogP contribution in [0.3, 0.4) is 0 Å². The topological polar surface area (TPSA) is 38.1 Å². The van der Waals surface area contributed by atoms with Crippen LogP contribution in [0.15, 0.2) is 36.7 Å². The van der Waals surface area contributed by atoms with Gasteiger partial charge in [-0.15, -0.1) is 0 Å². The third kappa shape index (κ3) is 3.82. The smallest absolute Gasteiger partial charge is 0.396 e. The van der Waals surface area contributed by atoms with Gasteiger partial charge in [0.05, 0.1) is 6.20 Å². The van der Waals surface area contributed by atoms with Crippen LogP contribution in [0.1, 0.15) is 5.56 Å². The van der Waals surface area contributed by atoms with Crippen LogP contribution < -0.4 is 0 Å². The first-order valence-electron chi connectivity index (χ1n) is 5.77. The van der Waals surface area contributed by atoms with Crippen molar-refractivity contribution in [2.45, 2.75) is 19.1 Å². The van der Waals surface area contributed by atoms with Crippen LogP contribution in [0.25, 0.3) is 11.1 Å². The Morgan fingerprint density at radius 3 is 2.37 bits per heavy atom. The van der Waals surface area contributed by atoms with Gasteiger partial charge in [0, 0.05) is 18.4 Å². The molecule has 1 heterocycles. The molecule has 0 atom stereocenters. The molecule has 0 radical (unpaired) electrons. The first-order chi connectivity index (χ1) is 8.98. The third-order valence-electron chi connectivity index (χ3n) is 2.66. The van der Waals surface area contributed by atoms with Gasteiger partial charge in [0.1, 0.15) is 6.54 Å². The van der Waals surface area contributed by atoms with Gasteiger partial charge in [-0.05, 0) is 17.5 Å². The zero-order valence-electron chi connectivity index (χ0n) is 10.1. The van der Waals surface area contributed by atoms with Crippen LogP contribution in [-0.4, -0.2) is 27.7 Å². The van der Waals surface area contributed by atoms with E-state index in [1.807, 2.05) is 12.1 Å². The van der Waals surface area contributed by atoms with Gasteiger partial charge in [-0.3, -0.25) is 4.68 Å². The number of aliphatic hydroxyl groups is 1. The maximum Gasteiger partial charge on any atom is 0.408 e. The van der Waals surface area contributed by atoms with Gasteiger partial charge < -0.3 is 5.11 Å². The molecule has 0 saturated carbocycles. The summed E-state index contributed by atoms with van der Waals surface area (Å²) in [5.41, 5.74) is 2.42. The number of aliphatic hydroxyl groups excluding tert-OH is 1. The van der Waals surface area contributed by atoms with Crippen LogP contribution in [0.4, 0.5) is 13.2 Å². The lowest BCUT2D eigenvalue weighted by Gasteiger charge is -2.05. The molecule has 1 aromatic carbocycles. The van der Waals surface area contributed by atoms with E-state index in [1.54, 1.807) is 12.1 Å². The molecule has 0 aliphatic rings. The van der Waals surface area contributed by atoms with E-state index in [2.05, 4.69) is 5.10 Å². The molecule has 1 N–H and O–H groups in total. The van der Waals surface area contributed by atoms with Crippen molar-refractivity contribution in [3.63, 3.8) is 0 Å². The van der Waals surface area contributed by atoms with E-state index in [1.165, 1.54) is 12.4 Å². The second-order valence-electron chi connectivity index (χ2n) is 4.21. The van der Waals surface area contributed by atoms with Gasteiger partial charge in [-0.25, -0.2) is 0 Å². The summed E-state index contributed by atoms with van der Waals surface area (Å²) in [5, 5.41) is 12.5. The molecule has 6 heteroatoms. The van der Waals surface area contributed by atoms with Crippen LogP contribution >= 0.6 is 0 Å². The summed E-state index contributed by atoms with van der Waals surface area (Å²) >= 11 is 0. The lowest BCUT2D eigenvalue weighted by atomic mass is 10.1. The standard InChI is InChI=1S/C13H13F3N2O/c14-13(15,16)9-18-8-12(7-17-18)11-3-1-10(2-4-11)5-6-19/h1-4,7-8,19H,5-6,9H2. The number of nitrogens with zero attached hydrogens (tertiary/aromatic N) is 2. The molecule has 0 amide bonds. The molecule has 0 aliphatic heterocycles. The van der Waals surface area contributed by atoms with Crippen molar-refractivity contribution in [3.05, 3.63) is 42.2 Å². The number of rotatable bonds is 4. The maximum atomic E-state index is 12.2. The first kappa shape index (κ1) is 13.6. The van der Waals surface area contributed by atoms with Crippen LogP contribution in [0.2, 0.25) is 0 Å². The maximum absolute atomic E-state index is 12.2. The number of hydrogen-bond donors (Lipinski definition) is 1. The molecule has 1 aromatic heterocycles. The van der Waals surface area contributed by atoms with Crippen molar-refractivity contribution in [3.8, 4) is 11.1 Å². The number of hydrogen-bond acceptors (Lipinski definition) is 2. The number of halogens is 3. The molecule has 0 unspecified atom stereocenters. The third-order valence-corrected chi connectivity index (χ3v) is 2.66. The molecule has 102 valence electrons. The summed E-state index contributed by atoms with van der Waals surface area (Å²) in [4.78, 5) is 0. The van der Waals surface area contributed by atoms with Gasteiger partial charge in [-0.1, -0.05) is 24.3 Å². The second kappa shape index (κ2) is 5.44. The Balaban J connectivity index is 2.13. The van der Waals surface area contributed by atoms with E-state index in [0.29, 0.717) is 12.0 Å². The molecule has 2 rings (SSSR count). The van der Waals surface area contributed by atoms with Crippen LogP contribution in [-0.2, 0) is 13.0 Å². The van der Waals surface area contributed by atoms with Crippen LogP contribution in [0.5, 0.6) is 0 Å². The molecule has 0 spiro atoms. The van der Waals surface area contributed by atoms with Gasteiger partial charge in [-0.2, -0.15) is 18.3 Å². The summed E-state index contributed by atoms with van der Waals surface area (Å²) in [7, 11) is 0. The Morgan fingerprint density at radius 1 is 1.11 bits per heavy atom. The molecule has 0 fully saturated rings. The highest BCUT2D eigenvalue weighted by Gasteiger charge is 2.28. The van der Waals surface area contributed by atoms with E-state index < -0.39 is 12.7 Å². The number of aromatic nitrogens is 2. The Labute approximate surface area is 108 Å². The summed E-state index contributed by atoms with van der Waals surface area (Å²) in [6, 6.07) is 7.29. The highest BCUT2D eigenvalue weighted by atomic mass is 19.4. The second-order valence-corrected chi connectivity index (χ2v) is 4.21. The molecule has 0 aliphatic carbocycles. The highest BCUT2D eigenvalue weighted by molar-refractivity contribution is 5.61. The fraction of sp³-hybridized carbons (Fsp3) is 0.308. The quantitative estimate of drug-likeness (QED) is 0.927. The van der Waals surface area contributed by atoms with Crippen molar-refractivity contribution in [2.24, 2.45) is 0 Å². The predicted molar refractivity (Wildman–Crippen MR) is 64.5 cm³/mol. The monoisotopic (exact) mass is 270 g/mol. The molecule has 2 aromatic rings. The van der Waals surface area contributed by atoms with Gasteiger partial charge >= 0.3 is 6.18 Å². The number of benzene rings is 1. The lowest BCUT2D eigenvalue weighted by molar-refractivity contribution is -0.142. The number of alkyl halides is 3. The Hall–Kier alpha value is -1.82. The van der Waals surface area contributed by atoms with Crippen molar-refractivity contribution in [1.29, 1.82) is 0 Å². The van der Waals surface area contributed by atoms with E-state index in [4.69, 9.17) is 5.11 Å². The Bertz CT molecular complexity index is 532. The average Bonchev–Trinajstić information content (AvgIpc) is 2.76. The Kier molecular flexibility index (Phi) is 3.90. The molecular formula is C13H13F3N2O. The zero-order valence-corrected chi connectivity index (χ0v) is 10.1. The van der Waals surface area contributed by atoms with E-state index in [-0.39, 0.29) is 6.61 Å². The van der Waals surface area contributed by atoms with E-state index in [0.717, 1.165) is 15.8 Å². The zero-order chi connectivity index (χ0) is 13.9. The molecular weight excluding hydrogens is 257 g/mol. The van der Waals surface area contributed by atoms with Gasteiger partial charge in [0.25, 0.3) is 0 Å². The summed E-state index contributed by atoms with van der Waals surface area (Å²) < 4.78 is 37.5. The molecule has 19 heavy (non-hydrogen) atoms. The normalized spacial score (nSPS) is 11.8. The van der Waals surface area contributed by atoms with Gasteiger partial charge in [0.2, 0.25) is 0 Å². The summed E-state index contributed by atoms with van der Waals surface area (Å²) in [5.74, 6) is 0. The van der Waals surface area contributed by atoms with Crippen molar-refractivity contribution in [1.82, 2.24) is 9.78 Å². The molecule has 0 saturated heterocycles. The SMILES string of the molecule is OCCc1ccc(-c2cnn(CC(F)(F)F)c2)cc1. The van der Waals surface area contributed by atoms with Crippen molar-refractivity contribution < 1.29 is 18.3 Å². The first-order valence-corrected chi connectivity index (χ1v) is 5.77. The molecule has 0 bridgehead atoms. The predicted octanol–water partition coefficient (Wildman–Crippen LogP) is 2.65. The fourth-order valence-corrected chi connectivity index (χ4v) is 1.78. The lowest BCUT2D eigenvalue weighted by Crippen LogP contribution is -2.17.